The molecule has 1 amide bonds. The van der Waals surface area contributed by atoms with Gasteiger partial charge in [0.15, 0.2) is 0 Å². The summed E-state index contributed by atoms with van der Waals surface area (Å²) in [7, 11) is 0. The van der Waals surface area contributed by atoms with Crippen molar-refractivity contribution in [3.8, 4) is 0 Å². The predicted molar refractivity (Wildman–Crippen MR) is 77.1 cm³/mol. The van der Waals surface area contributed by atoms with Crippen molar-refractivity contribution in [1.82, 2.24) is 5.32 Å². The van der Waals surface area contributed by atoms with Crippen LogP contribution in [0.1, 0.15) is 37.3 Å². The van der Waals surface area contributed by atoms with Gasteiger partial charge in [0.25, 0.3) is 0 Å². The molecule has 0 fully saturated rings. The molecule has 0 saturated heterocycles. The molecule has 0 aliphatic rings. The molecule has 1 atom stereocenters. The Bertz CT molecular complexity index is 460. The number of nitrogens with two attached hydrogens (primary N) is 1. The zero-order valence-corrected chi connectivity index (χ0v) is 11.8. The molecule has 5 heteroatoms. The van der Waals surface area contributed by atoms with Gasteiger partial charge >= 0.3 is 5.97 Å². The van der Waals surface area contributed by atoms with Crippen LogP contribution in [0.25, 0.3) is 0 Å². The van der Waals surface area contributed by atoms with Crippen molar-refractivity contribution < 1.29 is 14.7 Å². The highest BCUT2D eigenvalue weighted by molar-refractivity contribution is 5.81. The lowest BCUT2D eigenvalue weighted by Gasteiger charge is -2.13. The fourth-order valence-corrected chi connectivity index (χ4v) is 1.93. The lowest BCUT2D eigenvalue weighted by atomic mass is 10.0. The third-order valence-corrected chi connectivity index (χ3v) is 3.12. The van der Waals surface area contributed by atoms with Crippen LogP contribution in [0.15, 0.2) is 24.3 Å². The third-order valence-electron chi connectivity index (χ3n) is 3.12. The maximum Gasteiger partial charge on any atom is 0.307 e. The zero-order chi connectivity index (χ0) is 15.0. The van der Waals surface area contributed by atoms with Crippen LogP contribution >= 0.6 is 0 Å². The summed E-state index contributed by atoms with van der Waals surface area (Å²) in [5.41, 5.74) is 7.30. The number of carboxylic acids is 1. The first-order valence-corrected chi connectivity index (χ1v) is 6.86. The minimum atomic E-state index is -0.886. The first kappa shape index (κ1) is 16.2. The van der Waals surface area contributed by atoms with Gasteiger partial charge in [-0.1, -0.05) is 44.0 Å². The standard InChI is InChI=1S/C15H22N2O3/c1-2-3-8-13(16)15(20)17-10-12-7-5-4-6-11(12)9-14(18)19/h4-7,13H,2-3,8-10,16H2,1H3,(H,17,20)(H,18,19). The predicted octanol–water partition coefficient (Wildman–Crippen LogP) is 1.45. The number of amides is 1. The summed E-state index contributed by atoms with van der Waals surface area (Å²) in [4.78, 5) is 22.6. The van der Waals surface area contributed by atoms with E-state index in [4.69, 9.17) is 10.8 Å². The Kier molecular flexibility index (Phi) is 6.73. The van der Waals surface area contributed by atoms with Crippen LogP contribution in [0.4, 0.5) is 0 Å². The summed E-state index contributed by atoms with van der Waals surface area (Å²) >= 11 is 0. The van der Waals surface area contributed by atoms with Crippen LogP contribution in [0.3, 0.4) is 0 Å². The number of carboxylic acid groups (broad SMARTS) is 1. The van der Waals surface area contributed by atoms with Gasteiger partial charge in [-0.15, -0.1) is 0 Å². The van der Waals surface area contributed by atoms with Gasteiger partial charge in [-0.25, -0.2) is 0 Å². The van der Waals surface area contributed by atoms with Crippen molar-refractivity contribution in [2.24, 2.45) is 5.73 Å². The van der Waals surface area contributed by atoms with Crippen molar-refractivity contribution in [1.29, 1.82) is 0 Å². The lowest BCUT2D eigenvalue weighted by Crippen LogP contribution is -2.40. The van der Waals surface area contributed by atoms with Gasteiger partial charge in [0.05, 0.1) is 12.5 Å². The number of carbonyl (C=O) groups excluding carboxylic acids is 1. The quantitative estimate of drug-likeness (QED) is 0.671. The van der Waals surface area contributed by atoms with Crippen LogP contribution in [0.5, 0.6) is 0 Å². The van der Waals surface area contributed by atoms with Crippen molar-refractivity contribution >= 4 is 11.9 Å². The molecule has 1 rings (SSSR count). The molecule has 0 aliphatic carbocycles. The number of benzene rings is 1. The van der Waals surface area contributed by atoms with E-state index in [0.717, 1.165) is 18.4 Å². The molecule has 0 radical (unpaired) electrons. The third kappa shape index (κ3) is 5.40. The van der Waals surface area contributed by atoms with Crippen molar-refractivity contribution in [2.45, 2.75) is 45.2 Å². The van der Waals surface area contributed by atoms with Crippen LogP contribution in [-0.4, -0.2) is 23.0 Å². The van der Waals surface area contributed by atoms with E-state index in [1.807, 2.05) is 19.1 Å². The fraction of sp³-hybridized carbons (Fsp3) is 0.467. The van der Waals surface area contributed by atoms with E-state index in [-0.39, 0.29) is 12.3 Å². The molecule has 0 bridgehead atoms. The van der Waals surface area contributed by atoms with Gasteiger partial charge in [-0.2, -0.15) is 0 Å². The molecule has 0 spiro atoms. The van der Waals surface area contributed by atoms with E-state index in [9.17, 15) is 9.59 Å². The Morgan fingerprint density at radius 1 is 1.30 bits per heavy atom. The molecule has 20 heavy (non-hydrogen) atoms. The SMILES string of the molecule is CCCCC(N)C(=O)NCc1ccccc1CC(=O)O. The molecule has 0 aromatic heterocycles. The van der Waals surface area contributed by atoms with Crippen LogP contribution in [-0.2, 0) is 22.6 Å². The van der Waals surface area contributed by atoms with E-state index in [1.54, 1.807) is 12.1 Å². The molecule has 0 aliphatic heterocycles. The highest BCUT2D eigenvalue weighted by Gasteiger charge is 2.13. The molecule has 1 aromatic carbocycles. The fourth-order valence-electron chi connectivity index (χ4n) is 1.93. The van der Waals surface area contributed by atoms with E-state index in [2.05, 4.69) is 5.32 Å². The van der Waals surface area contributed by atoms with Crippen LogP contribution in [0, 0.1) is 0 Å². The van der Waals surface area contributed by atoms with E-state index < -0.39 is 12.0 Å². The number of nitrogens with one attached hydrogen (secondary N) is 1. The van der Waals surface area contributed by atoms with Crippen molar-refractivity contribution in [3.05, 3.63) is 35.4 Å². The monoisotopic (exact) mass is 278 g/mol. The molecular weight excluding hydrogens is 256 g/mol. The van der Waals surface area contributed by atoms with Crippen molar-refractivity contribution in [2.75, 3.05) is 0 Å². The Labute approximate surface area is 119 Å². The molecule has 1 unspecified atom stereocenters. The highest BCUT2D eigenvalue weighted by Crippen LogP contribution is 2.09. The average Bonchev–Trinajstić information content (AvgIpc) is 2.42. The Hall–Kier alpha value is -1.88. The number of hydrogen-bond acceptors (Lipinski definition) is 3. The largest absolute Gasteiger partial charge is 0.481 e. The molecular formula is C15H22N2O3. The summed E-state index contributed by atoms with van der Waals surface area (Å²) in [6.07, 6.45) is 2.54. The number of hydrogen-bond donors (Lipinski definition) is 3. The number of carbonyl (C=O) groups is 2. The van der Waals surface area contributed by atoms with E-state index in [1.165, 1.54) is 0 Å². The summed E-state index contributed by atoms with van der Waals surface area (Å²) in [5.74, 6) is -1.08. The summed E-state index contributed by atoms with van der Waals surface area (Å²) in [6.45, 7) is 2.36. The highest BCUT2D eigenvalue weighted by atomic mass is 16.4. The smallest absolute Gasteiger partial charge is 0.307 e. The summed E-state index contributed by atoms with van der Waals surface area (Å²) < 4.78 is 0. The summed E-state index contributed by atoms with van der Waals surface area (Å²) in [6, 6.07) is 6.69. The Morgan fingerprint density at radius 2 is 1.95 bits per heavy atom. The van der Waals surface area contributed by atoms with Crippen LogP contribution < -0.4 is 11.1 Å². The van der Waals surface area contributed by atoms with Gasteiger partial charge in [-0.3, -0.25) is 9.59 Å². The number of unbranched alkanes of at least 4 members (excludes halogenated alkanes) is 1. The molecule has 0 saturated carbocycles. The van der Waals surface area contributed by atoms with Gasteiger partial charge < -0.3 is 16.2 Å². The average molecular weight is 278 g/mol. The Balaban J connectivity index is 2.56. The van der Waals surface area contributed by atoms with E-state index >= 15 is 0 Å². The first-order chi connectivity index (χ1) is 9.54. The second kappa shape index (κ2) is 8.32. The number of rotatable bonds is 8. The second-order valence-corrected chi connectivity index (χ2v) is 4.81. The minimum absolute atomic E-state index is 0.0477. The molecule has 1 aromatic rings. The second-order valence-electron chi connectivity index (χ2n) is 4.81. The van der Waals surface area contributed by atoms with Gasteiger partial charge in [0.2, 0.25) is 5.91 Å². The van der Waals surface area contributed by atoms with Crippen molar-refractivity contribution in [3.63, 3.8) is 0 Å². The molecule has 0 heterocycles. The minimum Gasteiger partial charge on any atom is -0.481 e. The molecule has 110 valence electrons. The zero-order valence-electron chi connectivity index (χ0n) is 11.8. The normalized spacial score (nSPS) is 11.9. The van der Waals surface area contributed by atoms with Gasteiger partial charge in [0.1, 0.15) is 0 Å². The molecule has 5 nitrogen and oxygen atoms in total. The Morgan fingerprint density at radius 3 is 2.55 bits per heavy atom. The van der Waals surface area contributed by atoms with Gasteiger partial charge in [-0.05, 0) is 17.5 Å². The van der Waals surface area contributed by atoms with E-state index in [0.29, 0.717) is 18.5 Å². The maximum absolute atomic E-state index is 11.8. The first-order valence-electron chi connectivity index (χ1n) is 6.86. The lowest BCUT2D eigenvalue weighted by molar-refractivity contribution is -0.136. The molecule has 4 N–H and O–H groups in total. The van der Waals surface area contributed by atoms with Crippen LogP contribution in [0.2, 0.25) is 0 Å². The summed E-state index contributed by atoms with van der Waals surface area (Å²) in [5, 5.41) is 11.6. The maximum atomic E-state index is 11.8. The topological polar surface area (TPSA) is 92.4 Å². The van der Waals surface area contributed by atoms with Gasteiger partial charge in [0, 0.05) is 6.54 Å². The number of aliphatic carboxylic acids is 1.